The van der Waals surface area contributed by atoms with Crippen LogP contribution in [0.2, 0.25) is 0 Å². The first-order chi connectivity index (χ1) is 21.7. The minimum absolute atomic E-state index is 0.181. The molecular weight excluding hydrogens is 608 g/mol. The van der Waals surface area contributed by atoms with E-state index in [4.69, 9.17) is 23.7 Å². The highest BCUT2D eigenvalue weighted by molar-refractivity contribution is 5.90. The molecule has 11 nitrogen and oxygen atoms in total. The van der Waals surface area contributed by atoms with Gasteiger partial charge in [0, 0.05) is 55.3 Å². The predicted octanol–water partition coefficient (Wildman–Crippen LogP) is 3.10. The van der Waals surface area contributed by atoms with Crippen molar-refractivity contribution in [3.63, 3.8) is 0 Å². The van der Waals surface area contributed by atoms with Gasteiger partial charge in [-0.3, -0.25) is 19.2 Å². The number of hydrogen-bond acceptors (Lipinski definition) is 11. The monoisotopic (exact) mass is 656 g/mol. The molecule has 0 radical (unpaired) electrons. The molecule has 0 aromatic carbocycles. The smallest absolute Gasteiger partial charge is 0.303 e. The lowest BCUT2D eigenvalue weighted by Crippen LogP contribution is -2.72. The Balaban J connectivity index is 1.48. The SMILES string of the molecule is C=C1OC2=C[C@@H](C)[C@H]3[C@@H]([C@H](O)[C@H]4[C@H]5C(C(C)[C@H](OC(C)=O)[C@]34C)[C@]3(C)[C@H](C[C@@H]4O[C@@H]4[C@@H]3OC(C)=O)C(=O)[C@@H]5OC(C)=O)[C@@]2(C)[C@]1(C)O. The van der Waals surface area contributed by atoms with Crippen LogP contribution in [0, 0.1) is 63.6 Å². The Kier molecular flexibility index (Phi) is 6.91. The molecule has 0 bridgehead atoms. The fourth-order valence-electron chi connectivity index (χ4n) is 12.6. The maximum atomic E-state index is 14.8. The molecule has 0 spiro atoms. The van der Waals surface area contributed by atoms with Crippen molar-refractivity contribution in [1.29, 1.82) is 0 Å². The van der Waals surface area contributed by atoms with Gasteiger partial charge in [0.15, 0.2) is 11.9 Å². The third-order valence-corrected chi connectivity index (χ3v) is 14.3. The number of ketones is 1. The van der Waals surface area contributed by atoms with Crippen molar-refractivity contribution in [2.24, 2.45) is 63.6 Å². The minimum atomic E-state index is -1.55. The van der Waals surface area contributed by atoms with Crippen LogP contribution in [0.15, 0.2) is 24.2 Å². The Morgan fingerprint density at radius 3 is 2.09 bits per heavy atom. The van der Waals surface area contributed by atoms with Crippen molar-refractivity contribution in [1.82, 2.24) is 0 Å². The minimum Gasteiger partial charge on any atom is -0.463 e. The van der Waals surface area contributed by atoms with E-state index in [2.05, 4.69) is 6.58 Å². The molecular formula is C36H48O11. The summed E-state index contributed by atoms with van der Waals surface area (Å²) in [5.74, 6) is -5.42. The number of carbonyl (C=O) groups excluding carboxylic acids is 4. The van der Waals surface area contributed by atoms with Gasteiger partial charge in [-0.1, -0.05) is 34.3 Å². The molecule has 7 aliphatic rings. The molecule has 0 amide bonds. The molecule has 258 valence electrons. The van der Waals surface area contributed by atoms with Crippen LogP contribution in [0.25, 0.3) is 0 Å². The van der Waals surface area contributed by atoms with Crippen LogP contribution in [0.5, 0.6) is 0 Å². The molecule has 5 aliphatic carbocycles. The number of aliphatic hydroxyl groups is 2. The number of fused-ring (bicyclic) bond motifs is 10. The Hall–Kier alpha value is -2.76. The van der Waals surface area contributed by atoms with Gasteiger partial charge >= 0.3 is 17.9 Å². The maximum Gasteiger partial charge on any atom is 0.303 e. The molecule has 7 rings (SSSR count). The summed E-state index contributed by atoms with van der Waals surface area (Å²) in [6.07, 6.45) is -2.18. The molecule has 11 heteroatoms. The highest BCUT2D eigenvalue weighted by atomic mass is 16.6. The molecule has 2 heterocycles. The van der Waals surface area contributed by atoms with Gasteiger partial charge < -0.3 is 33.9 Å². The largest absolute Gasteiger partial charge is 0.463 e. The topological polar surface area (TPSA) is 158 Å². The zero-order valence-electron chi connectivity index (χ0n) is 28.6. The van der Waals surface area contributed by atoms with Gasteiger partial charge in [0.1, 0.15) is 35.4 Å². The Morgan fingerprint density at radius 2 is 1.49 bits per heavy atom. The lowest BCUT2D eigenvalue weighted by molar-refractivity contribution is -0.254. The average molecular weight is 657 g/mol. The number of carbonyl (C=O) groups is 4. The summed E-state index contributed by atoms with van der Waals surface area (Å²) in [4.78, 5) is 53.1. The quantitative estimate of drug-likeness (QED) is 0.261. The van der Waals surface area contributed by atoms with Crippen LogP contribution < -0.4 is 0 Å². The average Bonchev–Trinajstić information content (AvgIpc) is 3.65. The van der Waals surface area contributed by atoms with Gasteiger partial charge in [0.25, 0.3) is 0 Å². The van der Waals surface area contributed by atoms with Gasteiger partial charge in [-0.05, 0) is 50.0 Å². The highest BCUT2D eigenvalue weighted by Gasteiger charge is 2.82. The normalized spacial score (nSPS) is 55.1. The summed E-state index contributed by atoms with van der Waals surface area (Å²) >= 11 is 0. The highest BCUT2D eigenvalue weighted by Crippen LogP contribution is 2.76. The zero-order valence-corrected chi connectivity index (χ0v) is 28.6. The second kappa shape index (κ2) is 9.91. The Bertz CT molecular complexity index is 1500. The third-order valence-electron chi connectivity index (χ3n) is 14.3. The molecule has 2 saturated heterocycles. The number of aliphatic hydroxyl groups excluding tert-OH is 1. The van der Waals surface area contributed by atoms with E-state index in [0.717, 1.165) is 0 Å². The van der Waals surface area contributed by atoms with E-state index in [1.165, 1.54) is 20.8 Å². The summed E-state index contributed by atoms with van der Waals surface area (Å²) in [5, 5.41) is 24.9. The number of Topliss-reactive ketones (excluding diaryl/α,β-unsaturated/α-hetero) is 1. The maximum absolute atomic E-state index is 14.8. The fourth-order valence-corrected chi connectivity index (χ4v) is 12.6. The summed E-state index contributed by atoms with van der Waals surface area (Å²) in [5.41, 5.74) is -4.61. The van der Waals surface area contributed by atoms with E-state index >= 15 is 0 Å². The summed E-state index contributed by atoms with van der Waals surface area (Å²) in [6, 6.07) is 0. The van der Waals surface area contributed by atoms with Crippen LogP contribution >= 0.6 is 0 Å². The first-order valence-electron chi connectivity index (χ1n) is 17.0. The number of allylic oxidation sites excluding steroid dienone is 1. The molecule has 0 aromatic rings. The van der Waals surface area contributed by atoms with E-state index in [-0.39, 0.29) is 29.5 Å². The third kappa shape index (κ3) is 3.85. The lowest BCUT2D eigenvalue weighted by atomic mass is 9.39. The molecule has 47 heavy (non-hydrogen) atoms. The van der Waals surface area contributed by atoms with Crippen molar-refractivity contribution in [2.45, 2.75) is 111 Å². The first kappa shape index (κ1) is 32.8. The van der Waals surface area contributed by atoms with Gasteiger partial charge in [-0.25, -0.2) is 0 Å². The number of rotatable bonds is 3. The van der Waals surface area contributed by atoms with Crippen LogP contribution in [0.4, 0.5) is 0 Å². The summed E-state index contributed by atoms with van der Waals surface area (Å²) < 4.78 is 30.5. The Morgan fingerprint density at radius 1 is 0.894 bits per heavy atom. The summed E-state index contributed by atoms with van der Waals surface area (Å²) in [7, 11) is 0. The van der Waals surface area contributed by atoms with Gasteiger partial charge in [-0.2, -0.15) is 0 Å². The van der Waals surface area contributed by atoms with E-state index in [9.17, 15) is 29.4 Å². The fraction of sp³-hybridized carbons (Fsp3) is 0.778. The second-order valence-electron chi connectivity index (χ2n) is 16.4. The van der Waals surface area contributed by atoms with Gasteiger partial charge in [-0.15, -0.1) is 0 Å². The molecule has 0 aromatic heterocycles. The molecule has 6 fully saturated rings. The second-order valence-corrected chi connectivity index (χ2v) is 16.4. The number of epoxide rings is 1. The van der Waals surface area contributed by atoms with E-state index in [1.807, 2.05) is 40.7 Å². The van der Waals surface area contributed by atoms with Crippen molar-refractivity contribution in [3.05, 3.63) is 24.2 Å². The number of esters is 3. The van der Waals surface area contributed by atoms with Crippen LogP contribution in [0.3, 0.4) is 0 Å². The zero-order chi connectivity index (χ0) is 34.5. The lowest BCUT2D eigenvalue weighted by Gasteiger charge is -2.65. The van der Waals surface area contributed by atoms with Gasteiger partial charge in [0.2, 0.25) is 0 Å². The predicted molar refractivity (Wildman–Crippen MR) is 163 cm³/mol. The molecule has 2 N–H and O–H groups in total. The van der Waals surface area contributed by atoms with Gasteiger partial charge in [0.05, 0.1) is 17.6 Å². The number of hydrogen-bond donors (Lipinski definition) is 2. The van der Waals surface area contributed by atoms with Crippen LogP contribution in [-0.4, -0.2) is 76.1 Å². The van der Waals surface area contributed by atoms with Crippen LogP contribution in [0.1, 0.15) is 68.7 Å². The van der Waals surface area contributed by atoms with E-state index in [1.54, 1.807) is 6.92 Å². The standard InChI is InChI=1S/C36H48O11/c1-13-11-21-35(9,36(10,42)15(3)43-21)26-23(13)34(8)25(28(26)41)22-24(14(2)31(34)45-17(5)38)33(7)19(27(40)30(22)44-16(4)37)12-20-29(47-20)32(33)46-18(6)39/h11,13-14,19-20,22-26,28-32,41-42H,3,12H2,1-2,4-10H3/t13-,14?,19-,20+,22-,23+,24?,25-,26+,28-,29+,30-,31+,32+,33+,34-,35+,36-/m1/s1. The Labute approximate surface area is 275 Å². The first-order valence-corrected chi connectivity index (χ1v) is 17.0. The van der Waals surface area contributed by atoms with Crippen molar-refractivity contribution >= 4 is 23.7 Å². The number of ether oxygens (including phenoxy) is 5. The summed E-state index contributed by atoms with van der Waals surface area (Å²) in [6.45, 7) is 19.5. The molecule has 4 saturated carbocycles. The van der Waals surface area contributed by atoms with E-state index in [0.29, 0.717) is 12.2 Å². The van der Waals surface area contributed by atoms with E-state index < -0.39 is 106 Å². The van der Waals surface area contributed by atoms with Crippen LogP contribution in [-0.2, 0) is 42.9 Å². The van der Waals surface area contributed by atoms with Crippen molar-refractivity contribution < 1.29 is 53.1 Å². The molecule has 2 aliphatic heterocycles. The molecule has 18 atom stereocenters. The van der Waals surface area contributed by atoms with Crippen molar-refractivity contribution in [2.75, 3.05) is 0 Å². The molecule has 2 unspecified atom stereocenters. The van der Waals surface area contributed by atoms with Crippen molar-refractivity contribution in [3.8, 4) is 0 Å².